The molecule has 3 rings (SSSR count). The maximum Gasteiger partial charge on any atom is 0.182 e. The quantitative estimate of drug-likeness (QED) is 0.703. The SMILES string of the molecule is CCc1ccc2c(cc1=O)C(C)CCc1cc(C)c(C)c(C)c1-2. The van der Waals surface area contributed by atoms with Crippen LogP contribution >= 0.6 is 0 Å². The van der Waals surface area contributed by atoms with E-state index in [4.69, 9.17) is 0 Å². The lowest BCUT2D eigenvalue weighted by Crippen LogP contribution is -2.04. The van der Waals surface area contributed by atoms with Crippen molar-refractivity contribution in [3.8, 4) is 11.1 Å². The first-order valence-electron chi connectivity index (χ1n) is 8.71. The van der Waals surface area contributed by atoms with Crippen LogP contribution in [-0.4, -0.2) is 0 Å². The Hall–Kier alpha value is -1.89. The van der Waals surface area contributed by atoms with Crippen LogP contribution in [0.2, 0.25) is 0 Å². The highest BCUT2D eigenvalue weighted by Gasteiger charge is 2.22. The molecule has 0 heterocycles. The van der Waals surface area contributed by atoms with Crippen LogP contribution in [0.15, 0.2) is 29.1 Å². The number of aryl methyl sites for hydroxylation is 3. The molecule has 0 aliphatic heterocycles. The van der Waals surface area contributed by atoms with E-state index in [1.165, 1.54) is 38.9 Å². The van der Waals surface area contributed by atoms with E-state index >= 15 is 0 Å². The van der Waals surface area contributed by atoms with Crippen LogP contribution in [-0.2, 0) is 12.8 Å². The molecule has 0 radical (unpaired) electrons. The van der Waals surface area contributed by atoms with Crippen molar-refractivity contribution in [3.63, 3.8) is 0 Å². The largest absolute Gasteiger partial charge is 0.290 e. The maximum absolute atomic E-state index is 12.5. The topological polar surface area (TPSA) is 17.1 Å². The third-order valence-electron chi connectivity index (χ3n) is 5.63. The summed E-state index contributed by atoms with van der Waals surface area (Å²) in [6.45, 7) is 10.9. The number of hydrogen-bond donors (Lipinski definition) is 0. The van der Waals surface area contributed by atoms with Crippen LogP contribution in [0.25, 0.3) is 11.1 Å². The van der Waals surface area contributed by atoms with Gasteiger partial charge in [0.1, 0.15) is 0 Å². The molecule has 0 fully saturated rings. The molecule has 0 aromatic heterocycles. The van der Waals surface area contributed by atoms with Crippen molar-refractivity contribution in [2.45, 2.75) is 59.8 Å². The van der Waals surface area contributed by atoms with Gasteiger partial charge < -0.3 is 0 Å². The molecule has 2 aromatic rings. The molecule has 1 atom stereocenters. The van der Waals surface area contributed by atoms with Gasteiger partial charge in [-0.1, -0.05) is 32.0 Å². The Labute approximate surface area is 139 Å². The maximum atomic E-state index is 12.5. The van der Waals surface area contributed by atoms with E-state index in [1.54, 1.807) is 0 Å². The van der Waals surface area contributed by atoms with E-state index in [1.807, 2.05) is 12.1 Å². The molecule has 1 aliphatic carbocycles. The van der Waals surface area contributed by atoms with Gasteiger partial charge in [0.05, 0.1) is 0 Å². The second kappa shape index (κ2) is 5.96. The van der Waals surface area contributed by atoms with Crippen molar-refractivity contribution in [3.05, 3.63) is 67.9 Å². The number of fused-ring (bicyclic) bond motifs is 3. The molecule has 1 nitrogen and oxygen atoms in total. The van der Waals surface area contributed by atoms with E-state index < -0.39 is 0 Å². The van der Waals surface area contributed by atoms with Crippen molar-refractivity contribution in [1.82, 2.24) is 0 Å². The average Bonchev–Trinajstić information content (AvgIpc) is 2.76. The van der Waals surface area contributed by atoms with Crippen molar-refractivity contribution < 1.29 is 0 Å². The van der Waals surface area contributed by atoms with Crippen LogP contribution < -0.4 is 5.43 Å². The first kappa shape index (κ1) is 16.0. The third kappa shape index (κ3) is 2.63. The summed E-state index contributed by atoms with van der Waals surface area (Å²) < 4.78 is 0. The van der Waals surface area contributed by atoms with E-state index in [9.17, 15) is 4.79 Å². The summed E-state index contributed by atoms with van der Waals surface area (Å²) in [5, 5.41) is 0. The summed E-state index contributed by atoms with van der Waals surface area (Å²) in [6, 6.07) is 8.49. The Balaban J connectivity index is 2.42. The summed E-state index contributed by atoms with van der Waals surface area (Å²) >= 11 is 0. The molecule has 23 heavy (non-hydrogen) atoms. The lowest BCUT2D eigenvalue weighted by atomic mass is 9.88. The minimum atomic E-state index is 0.186. The normalized spacial score (nSPS) is 16.5. The average molecular weight is 306 g/mol. The van der Waals surface area contributed by atoms with Gasteiger partial charge in [0.15, 0.2) is 5.43 Å². The first-order chi connectivity index (χ1) is 10.9. The van der Waals surface area contributed by atoms with Gasteiger partial charge in [-0.15, -0.1) is 0 Å². The number of hydrogen-bond acceptors (Lipinski definition) is 1. The molecular formula is C22H26O. The smallest absolute Gasteiger partial charge is 0.182 e. The van der Waals surface area contributed by atoms with Gasteiger partial charge in [0, 0.05) is 0 Å². The molecule has 0 saturated carbocycles. The molecule has 1 aliphatic rings. The van der Waals surface area contributed by atoms with Crippen molar-refractivity contribution in [2.24, 2.45) is 0 Å². The van der Waals surface area contributed by atoms with Crippen LogP contribution in [0.4, 0.5) is 0 Å². The van der Waals surface area contributed by atoms with Crippen LogP contribution in [0.1, 0.15) is 59.6 Å². The fourth-order valence-electron chi connectivity index (χ4n) is 3.87. The van der Waals surface area contributed by atoms with E-state index in [-0.39, 0.29) is 5.43 Å². The molecule has 2 aromatic carbocycles. The monoisotopic (exact) mass is 306 g/mol. The Bertz CT molecular complexity index is 830. The second-order valence-corrected chi connectivity index (χ2v) is 7.01. The Morgan fingerprint density at radius 3 is 2.52 bits per heavy atom. The van der Waals surface area contributed by atoms with Gasteiger partial charge >= 0.3 is 0 Å². The molecule has 0 N–H and O–H groups in total. The van der Waals surface area contributed by atoms with E-state index in [2.05, 4.69) is 46.8 Å². The molecule has 0 saturated heterocycles. The summed E-state index contributed by atoms with van der Waals surface area (Å²) in [6.07, 6.45) is 2.98. The van der Waals surface area contributed by atoms with E-state index in [0.717, 1.165) is 24.8 Å². The van der Waals surface area contributed by atoms with Gasteiger partial charge in [-0.2, -0.15) is 0 Å². The Morgan fingerprint density at radius 1 is 1.09 bits per heavy atom. The summed E-state index contributed by atoms with van der Waals surface area (Å²) in [5.74, 6) is 0.419. The molecule has 0 bridgehead atoms. The molecule has 0 spiro atoms. The van der Waals surface area contributed by atoms with Crippen molar-refractivity contribution in [1.29, 1.82) is 0 Å². The molecule has 1 heteroatoms. The molecule has 120 valence electrons. The summed E-state index contributed by atoms with van der Waals surface area (Å²) in [4.78, 5) is 12.5. The fraction of sp³-hybridized carbons (Fsp3) is 0.409. The predicted octanol–water partition coefficient (Wildman–Crippen LogP) is 5.25. The van der Waals surface area contributed by atoms with Crippen molar-refractivity contribution >= 4 is 0 Å². The minimum Gasteiger partial charge on any atom is -0.290 e. The van der Waals surface area contributed by atoms with Gasteiger partial charge in [0.2, 0.25) is 0 Å². The minimum absolute atomic E-state index is 0.186. The lowest BCUT2D eigenvalue weighted by Gasteiger charge is -2.16. The Morgan fingerprint density at radius 2 is 1.83 bits per heavy atom. The number of benzene rings is 1. The molecule has 0 amide bonds. The zero-order chi connectivity index (χ0) is 16.7. The zero-order valence-corrected chi connectivity index (χ0v) is 14.9. The predicted molar refractivity (Wildman–Crippen MR) is 98.5 cm³/mol. The lowest BCUT2D eigenvalue weighted by molar-refractivity contribution is 0.689. The zero-order valence-electron chi connectivity index (χ0n) is 14.9. The van der Waals surface area contributed by atoms with Gasteiger partial charge in [-0.25, -0.2) is 0 Å². The second-order valence-electron chi connectivity index (χ2n) is 7.01. The fourth-order valence-corrected chi connectivity index (χ4v) is 3.87. The highest BCUT2D eigenvalue weighted by molar-refractivity contribution is 5.77. The molecular weight excluding hydrogens is 280 g/mol. The van der Waals surface area contributed by atoms with Crippen molar-refractivity contribution in [2.75, 3.05) is 0 Å². The van der Waals surface area contributed by atoms with Crippen LogP contribution in [0.3, 0.4) is 0 Å². The molecule has 1 unspecified atom stereocenters. The van der Waals surface area contributed by atoms with Gasteiger partial charge in [-0.05, 0) is 96.5 Å². The highest BCUT2D eigenvalue weighted by atomic mass is 16.1. The Kier molecular flexibility index (Phi) is 4.14. The van der Waals surface area contributed by atoms with Crippen LogP contribution in [0, 0.1) is 20.8 Å². The first-order valence-corrected chi connectivity index (χ1v) is 8.71. The third-order valence-corrected chi connectivity index (χ3v) is 5.63. The van der Waals surface area contributed by atoms with Crippen LogP contribution in [0.5, 0.6) is 0 Å². The standard InChI is InChI=1S/C22H26O/c1-6-17-9-10-19-20(12-21(17)23)13(2)7-8-18-11-14(3)15(4)16(5)22(18)19/h9-13H,6-8H2,1-5H3. The highest BCUT2D eigenvalue weighted by Crippen LogP contribution is 2.40. The number of rotatable bonds is 1. The summed E-state index contributed by atoms with van der Waals surface area (Å²) in [7, 11) is 0. The van der Waals surface area contributed by atoms with E-state index in [0.29, 0.717) is 5.92 Å². The van der Waals surface area contributed by atoms with Gasteiger partial charge in [0.25, 0.3) is 0 Å². The summed E-state index contributed by atoms with van der Waals surface area (Å²) in [5.41, 5.74) is 10.5. The van der Waals surface area contributed by atoms with Gasteiger partial charge in [-0.3, -0.25) is 4.79 Å².